The molecule has 1 heterocycles. The Morgan fingerprint density at radius 3 is 2.15 bits per heavy atom. The molecule has 13 heavy (non-hydrogen) atoms. The minimum absolute atomic E-state index is 0.448. The van der Waals surface area contributed by atoms with Gasteiger partial charge in [-0.3, -0.25) is 4.98 Å². The highest BCUT2D eigenvalue weighted by atomic mass is 14.7. The van der Waals surface area contributed by atoms with Crippen molar-refractivity contribution in [2.45, 2.75) is 39.5 Å². The van der Waals surface area contributed by atoms with Crippen LogP contribution in [0.2, 0.25) is 0 Å². The zero-order chi connectivity index (χ0) is 10.0. The smallest absolute Gasteiger partial charge is 0.0449 e. The first kappa shape index (κ1) is 10.0. The van der Waals surface area contributed by atoms with Crippen LogP contribution in [-0.2, 0) is 0 Å². The molecule has 0 amide bonds. The molecule has 1 aromatic rings. The number of nitrogen functional groups attached to an aromatic ring is 1. The van der Waals surface area contributed by atoms with E-state index in [1.54, 1.807) is 0 Å². The van der Waals surface area contributed by atoms with Gasteiger partial charge in [-0.15, -0.1) is 0 Å². The lowest BCUT2D eigenvalue weighted by Gasteiger charge is -2.11. The highest BCUT2D eigenvalue weighted by molar-refractivity contribution is 5.48. The summed E-state index contributed by atoms with van der Waals surface area (Å²) in [6.07, 6.45) is 1.90. The quantitative estimate of drug-likeness (QED) is 0.756. The predicted molar refractivity (Wildman–Crippen MR) is 56.8 cm³/mol. The van der Waals surface area contributed by atoms with E-state index >= 15 is 0 Å². The van der Waals surface area contributed by atoms with Crippen molar-refractivity contribution in [3.05, 3.63) is 23.5 Å². The molecule has 0 radical (unpaired) electrons. The van der Waals surface area contributed by atoms with Gasteiger partial charge in [0, 0.05) is 17.6 Å². The van der Waals surface area contributed by atoms with E-state index in [2.05, 4.69) is 32.7 Å². The lowest BCUT2D eigenvalue weighted by molar-refractivity contribution is 0.805. The molecule has 0 fully saturated rings. The standard InChI is InChI=1S/C11H18N2/c1-7(2)9-6-13-11(8(3)4)5-10(9)12/h5-8H,1-4H3,(H2,12,13). The summed E-state index contributed by atoms with van der Waals surface area (Å²) in [6.45, 7) is 8.50. The van der Waals surface area contributed by atoms with E-state index in [1.165, 1.54) is 0 Å². The molecule has 0 aliphatic carbocycles. The van der Waals surface area contributed by atoms with Gasteiger partial charge in [0.2, 0.25) is 0 Å². The second-order valence-electron chi connectivity index (χ2n) is 4.05. The van der Waals surface area contributed by atoms with Crippen molar-refractivity contribution in [1.29, 1.82) is 0 Å². The van der Waals surface area contributed by atoms with Gasteiger partial charge in [-0.2, -0.15) is 0 Å². The van der Waals surface area contributed by atoms with Crippen LogP contribution in [0.4, 0.5) is 5.69 Å². The number of pyridine rings is 1. The topological polar surface area (TPSA) is 38.9 Å². The number of aromatic nitrogens is 1. The first-order valence-electron chi connectivity index (χ1n) is 4.77. The number of rotatable bonds is 2. The third-order valence-corrected chi connectivity index (χ3v) is 2.20. The molecular formula is C11H18N2. The summed E-state index contributed by atoms with van der Waals surface area (Å²) in [5, 5.41) is 0. The average Bonchev–Trinajstić information content (AvgIpc) is 2.03. The predicted octanol–water partition coefficient (Wildman–Crippen LogP) is 2.91. The lowest BCUT2D eigenvalue weighted by Crippen LogP contribution is -2.01. The molecule has 0 unspecified atom stereocenters. The van der Waals surface area contributed by atoms with E-state index in [1.807, 2.05) is 12.3 Å². The summed E-state index contributed by atoms with van der Waals surface area (Å²) in [4.78, 5) is 4.38. The Morgan fingerprint density at radius 2 is 1.77 bits per heavy atom. The van der Waals surface area contributed by atoms with Crippen molar-refractivity contribution in [3.63, 3.8) is 0 Å². The summed E-state index contributed by atoms with van der Waals surface area (Å²) in [6, 6.07) is 1.99. The van der Waals surface area contributed by atoms with Crippen LogP contribution < -0.4 is 5.73 Å². The Kier molecular flexibility index (Phi) is 2.91. The molecule has 0 aliphatic rings. The van der Waals surface area contributed by atoms with Crippen LogP contribution in [0.15, 0.2) is 12.3 Å². The van der Waals surface area contributed by atoms with Crippen LogP contribution in [0.25, 0.3) is 0 Å². The molecular weight excluding hydrogens is 160 g/mol. The fourth-order valence-corrected chi connectivity index (χ4v) is 1.30. The minimum Gasteiger partial charge on any atom is -0.398 e. The normalized spacial score (nSPS) is 11.2. The van der Waals surface area contributed by atoms with Gasteiger partial charge in [-0.25, -0.2) is 0 Å². The third kappa shape index (κ3) is 2.20. The molecule has 72 valence electrons. The minimum atomic E-state index is 0.448. The van der Waals surface area contributed by atoms with Crippen molar-refractivity contribution in [2.24, 2.45) is 0 Å². The van der Waals surface area contributed by atoms with Crippen LogP contribution in [0, 0.1) is 0 Å². The van der Waals surface area contributed by atoms with Crippen molar-refractivity contribution in [1.82, 2.24) is 4.98 Å². The maximum atomic E-state index is 5.92. The number of hydrogen-bond donors (Lipinski definition) is 1. The molecule has 0 saturated heterocycles. The highest BCUT2D eigenvalue weighted by Gasteiger charge is 2.07. The average molecular weight is 178 g/mol. The second kappa shape index (κ2) is 3.77. The van der Waals surface area contributed by atoms with Crippen molar-refractivity contribution < 1.29 is 0 Å². The Labute approximate surface area is 80.2 Å². The van der Waals surface area contributed by atoms with Gasteiger partial charge in [0.25, 0.3) is 0 Å². The first-order valence-corrected chi connectivity index (χ1v) is 4.77. The van der Waals surface area contributed by atoms with Crippen LogP contribution in [0.1, 0.15) is 50.8 Å². The number of anilines is 1. The van der Waals surface area contributed by atoms with Gasteiger partial charge in [-0.05, 0) is 23.5 Å². The Morgan fingerprint density at radius 1 is 1.15 bits per heavy atom. The number of nitrogens with two attached hydrogens (primary N) is 1. The highest BCUT2D eigenvalue weighted by Crippen LogP contribution is 2.23. The van der Waals surface area contributed by atoms with E-state index in [0.717, 1.165) is 16.9 Å². The van der Waals surface area contributed by atoms with Gasteiger partial charge in [0.15, 0.2) is 0 Å². The molecule has 1 aromatic heterocycles. The van der Waals surface area contributed by atoms with Crippen molar-refractivity contribution >= 4 is 5.69 Å². The summed E-state index contributed by atoms with van der Waals surface area (Å²) >= 11 is 0. The molecule has 0 spiro atoms. The first-order chi connectivity index (χ1) is 6.02. The molecule has 0 aliphatic heterocycles. The second-order valence-corrected chi connectivity index (χ2v) is 4.05. The molecule has 2 nitrogen and oxygen atoms in total. The summed E-state index contributed by atoms with van der Waals surface area (Å²) in [5.74, 6) is 0.900. The molecule has 0 aromatic carbocycles. The van der Waals surface area contributed by atoms with Crippen LogP contribution in [0.3, 0.4) is 0 Å². The molecule has 0 bridgehead atoms. The van der Waals surface area contributed by atoms with Gasteiger partial charge in [-0.1, -0.05) is 27.7 Å². The lowest BCUT2D eigenvalue weighted by atomic mass is 10.0. The monoisotopic (exact) mass is 178 g/mol. The Hall–Kier alpha value is -1.05. The van der Waals surface area contributed by atoms with E-state index in [0.29, 0.717) is 11.8 Å². The van der Waals surface area contributed by atoms with Crippen molar-refractivity contribution in [3.8, 4) is 0 Å². The molecule has 0 saturated carbocycles. The van der Waals surface area contributed by atoms with Gasteiger partial charge >= 0.3 is 0 Å². The summed E-state index contributed by atoms with van der Waals surface area (Å²) in [5.41, 5.74) is 9.00. The van der Waals surface area contributed by atoms with Crippen molar-refractivity contribution in [2.75, 3.05) is 5.73 Å². The molecule has 2 heteroatoms. The van der Waals surface area contributed by atoms with E-state index in [9.17, 15) is 0 Å². The SMILES string of the molecule is CC(C)c1cc(N)c(C(C)C)cn1. The zero-order valence-electron chi connectivity index (χ0n) is 8.83. The van der Waals surface area contributed by atoms with E-state index in [4.69, 9.17) is 5.73 Å². The van der Waals surface area contributed by atoms with Gasteiger partial charge < -0.3 is 5.73 Å². The van der Waals surface area contributed by atoms with Crippen LogP contribution in [-0.4, -0.2) is 4.98 Å². The Balaban J connectivity index is 3.06. The van der Waals surface area contributed by atoms with E-state index < -0.39 is 0 Å². The van der Waals surface area contributed by atoms with Crippen LogP contribution >= 0.6 is 0 Å². The number of hydrogen-bond acceptors (Lipinski definition) is 2. The fraction of sp³-hybridized carbons (Fsp3) is 0.545. The molecule has 1 rings (SSSR count). The fourth-order valence-electron chi connectivity index (χ4n) is 1.30. The Bertz CT molecular complexity index is 290. The summed E-state index contributed by atoms with van der Waals surface area (Å²) < 4.78 is 0. The van der Waals surface area contributed by atoms with E-state index in [-0.39, 0.29) is 0 Å². The van der Waals surface area contributed by atoms with Gasteiger partial charge in [0.1, 0.15) is 0 Å². The number of nitrogens with zero attached hydrogens (tertiary/aromatic N) is 1. The maximum absolute atomic E-state index is 5.92. The zero-order valence-corrected chi connectivity index (χ0v) is 8.83. The third-order valence-electron chi connectivity index (χ3n) is 2.20. The largest absolute Gasteiger partial charge is 0.398 e. The van der Waals surface area contributed by atoms with Crippen LogP contribution in [0.5, 0.6) is 0 Å². The molecule has 0 atom stereocenters. The van der Waals surface area contributed by atoms with Gasteiger partial charge in [0.05, 0.1) is 0 Å². The maximum Gasteiger partial charge on any atom is 0.0449 e. The molecule has 2 N–H and O–H groups in total. The summed E-state index contributed by atoms with van der Waals surface area (Å²) in [7, 11) is 0.